The van der Waals surface area contributed by atoms with Gasteiger partial charge in [0.25, 0.3) is 0 Å². The first kappa shape index (κ1) is 23.2. The fourth-order valence-electron chi connectivity index (χ4n) is 4.58. The standard InChI is InChI=1S/C23H25F2N3O4S/c1-33(31,32)27-22(29)15-8-6-14(7-9-15)18-10-11-19(21(25)20(18)24)26-23(30)28-12-16-4-2-3-5-17(16)13-28/h2-5,10-11,14-15H,6-9,12-13H2,1H3,(H,26,30)(H,27,29). The van der Waals surface area contributed by atoms with Crippen LogP contribution in [0.25, 0.3) is 0 Å². The Hall–Kier alpha value is -3.01. The van der Waals surface area contributed by atoms with Gasteiger partial charge < -0.3 is 10.2 Å². The Labute approximate surface area is 191 Å². The SMILES string of the molecule is CS(=O)(=O)NC(=O)C1CCC(c2ccc(NC(=O)N3Cc4ccccc4C3)c(F)c2F)CC1. The van der Waals surface area contributed by atoms with E-state index in [9.17, 15) is 26.8 Å². The highest BCUT2D eigenvalue weighted by molar-refractivity contribution is 7.89. The summed E-state index contributed by atoms with van der Waals surface area (Å²) in [6, 6.07) is 9.95. The lowest BCUT2D eigenvalue weighted by Crippen LogP contribution is -2.36. The molecule has 4 rings (SSSR count). The number of halogens is 2. The Morgan fingerprint density at radius 3 is 2.12 bits per heavy atom. The van der Waals surface area contributed by atoms with Gasteiger partial charge in [-0.15, -0.1) is 0 Å². The number of anilines is 1. The third-order valence-electron chi connectivity index (χ3n) is 6.31. The van der Waals surface area contributed by atoms with Crippen LogP contribution in [0.1, 0.15) is 48.3 Å². The van der Waals surface area contributed by atoms with E-state index in [1.807, 2.05) is 29.0 Å². The number of hydrogen-bond acceptors (Lipinski definition) is 4. The maximum absolute atomic E-state index is 14.9. The smallest absolute Gasteiger partial charge is 0.316 e. The van der Waals surface area contributed by atoms with E-state index in [1.165, 1.54) is 17.0 Å². The number of carbonyl (C=O) groups is 2. The van der Waals surface area contributed by atoms with Gasteiger partial charge in [0.2, 0.25) is 15.9 Å². The molecule has 1 fully saturated rings. The van der Waals surface area contributed by atoms with Gasteiger partial charge in [-0.1, -0.05) is 30.3 Å². The number of carbonyl (C=O) groups excluding carboxylic acids is 2. The molecule has 0 radical (unpaired) electrons. The molecule has 3 amide bonds. The first-order valence-corrected chi connectivity index (χ1v) is 12.6. The average Bonchev–Trinajstić information content (AvgIpc) is 3.21. The summed E-state index contributed by atoms with van der Waals surface area (Å²) in [6.07, 6.45) is 2.52. The minimum Gasteiger partial charge on any atom is -0.316 e. The molecule has 7 nitrogen and oxygen atoms in total. The molecule has 1 saturated carbocycles. The molecule has 2 aliphatic rings. The Morgan fingerprint density at radius 2 is 1.55 bits per heavy atom. The van der Waals surface area contributed by atoms with Crippen LogP contribution in [0.5, 0.6) is 0 Å². The molecule has 1 aliphatic heterocycles. The van der Waals surface area contributed by atoms with E-state index in [2.05, 4.69) is 5.32 Å². The zero-order valence-electron chi connectivity index (χ0n) is 18.1. The molecule has 0 saturated heterocycles. The quantitative estimate of drug-likeness (QED) is 0.699. The summed E-state index contributed by atoms with van der Waals surface area (Å²) in [7, 11) is -3.63. The van der Waals surface area contributed by atoms with E-state index in [0.29, 0.717) is 38.8 Å². The Kier molecular flexibility index (Phi) is 6.38. The lowest BCUT2D eigenvalue weighted by Gasteiger charge is -2.28. The number of benzene rings is 2. The van der Waals surface area contributed by atoms with Crippen LogP contribution in [0.3, 0.4) is 0 Å². The normalized spacial score (nSPS) is 20.3. The number of amides is 3. The van der Waals surface area contributed by atoms with Crippen molar-refractivity contribution >= 4 is 27.6 Å². The highest BCUT2D eigenvalue weighted by atomic mass is 32.2. The summed E-state index contributed by atoms with van der Waals surface area (Å²) in [5, 5.41) is 2.46. The van der Waals surface area contributed by atoms with E-state index in [4.69, 9.17) is 0 Å². The number of urea groups is 1. The van der Waals surface area contributed by atoms with Crippen LogP contribution in [0.4, 0.5) is 19.3 Å². The van der Waals surface area contributed by atoms with Crippen molar-refractivity contribution in [3.8, 4) is 0 Å². The van der Waals surface area contributed by atoms with E-state index < -0.39 is 39.5 Å². The molecular formula is C23H25F2N3O4S. The van der Waals surface area contributed by atoms with Crippen LogP contribution >= 0.6 is 0 Å². The zero-order chi connectivity index (χ0) is 23.8. The summed E-state index contributed by atoms with van der Waals surface area (Å²) in [6.45, 7) is 0.806. The van der Waals surface area contributed by atoms with E-state index in [0.717, 1.165) is 17.4 Å². The summed E-state index contributed by atoms with van der Waals surface area (Å²) < 4.78 is 54.1. The van der Waals surface area contributed by atoms with Crippen molar-refractivity contribution in [1.82, 2.24) is 9.62 Å². The van der Waals surface area contributed by atoms with Crippen LogP contribution in [0.2, 0.25) is 0 Å². The summed E-state index contributed by atoms with van der Waals surface area (Å²) in [4.78, 5) is 26.1. The number of rotatable bonds is 4. The Balaban J connectivity index is 1.39. The molecule has 0 spiro atoms. The maximum Gasteiger partial charge on any atom is 0.322 e. The second-order valence-corrected chi connectivity index (χ2v) is 10.4. The molecule has 1 heterocycles. The minimum absolute atomic E-state index is 0.195. The Morgan fingerprint density at radius 1 is 0.939 bits per heavy atom. The van der Waals surface area contributed by atoms with Crippen LogP contribution in [-0.4, -0.2) is 31.5 Å². The van der Waals surface area contributed by atoms with Crippen molar-refractivity contribution in [1.29, 1.82) is 0 Å². The zero-order valence-corrected chi connectivity index (χ0v) is 18.9. The van der Waals surface area contributed by atoms with Crippen LogP contribution in [0.15, 0.2) is 36.4 Å². The minimum atomic E-state index is -3.63. The second-order valence-electron chi connectivity index (χ2n) is 8.67. The van der Waals surface area contributed by atoms with Gasteiger partial charge in [-0.2, -0.15) is 0 Å². The topological polar surface area (TPSA) is 95.6 Å². The van der Waals surface area contributed by atoms with Crippen LogP contribution in [0, 0.1) is 17.6 Å². The largest absolute Gasteiger partial charge is 0.322 e. The molecule has 1 aliphatic carbocycles. The predicted octanol–water partition coefficient (Wildman–Crippen LogP) is 3.86. The van der Waals surface area contributed by atoms with Crippen molar-refractivity contribution in [2.45, 2.75) is 44.7 Å². The second kappa shape index (κ2) is 9.09. The third-order valence-corrected chi connectivity index (χ3v) is 6.88. The first-order chi connectivity index (χ1) is 15.6. The highest BCUT2D eigenvalue weighted by Crippen LogP contribution is 2.38. The van der Waals surface area contributed by atoms with Gasteiger partial charge >= 0.3 is 6.03 Å². The monoisotopic (exact) mass is 477 g/mol. The van der Waals surface area contributed by atoms with Crippen molar-refractivity contribution in [3.05, 3.63) is 64.7 Å². The molecule has 176 valence electrons. The molecule has 0 atom stereocenters. The third kappa shape index (κ3) is 5.16. The molecule has 33 heavy (non-hydrogen) atoms. The number of fused-ring (bicyclic) bond motifs is 1. The van der Waals surface area contributed by atoms with Crippen molar-refractivity contribution < 1.29 is 26.8 Å². The highest BCUT2D eigenvalue weighted by Gasteiger charge is 2.31. The summed E-state index contributed by atoms with van der Waals surface area (Å²) in [5.41, 5.74) is 2.02. The van der Waals surface area contributed by atoms with Gasteiger partial charge in [-0.05, 0) is 54.4 Å². The van der Waals surface area contributed by atoms with Crippen LogP contribution < -0.4 is 10.0 Å². The summed E-state index contributed by atoms with van der Waals surface area (Å²) >= 11 is 0. The van der Waals surface area contributed by atoms with Gasteiger partial charge in [-0.25, -0.2) is 22.0 Å². The molecule has 10 heteroatoms. The van der Waals surface area contributed by atoms with Gasteiger partial charge in [0.05, 0.1) is 11.9 Å². The van der Waals surface area contributed by atoms with Gasteiger partial charge in [0, 0.05) is 19.0 Å². The number of nitrogens with zero attached hydrogens (tertiary/aromatic N) is 1. The first-order valence-electron chi connectivity index (χ1n) is 10.7. The molecular weight excluding hydrogens is 452 g/mol. The van der Waals surface area contributed by atoms with Crippen molar-refractivity contribution in [2.75, 3.05) is 11.6 Å². The molecule has 2 N–H and O–H groups in total. The molecule has 0 unspecified atom stereocenters. The number of hydrogen-bond donors (Lipinski definition) is 2. The fourth-order valence-corrected chi connectivity index (χ4v) is 5.11. The van der Waals surface area contributed by atoms with E-state index in [-0.39, 0.29) is 17.2 Å². The lowest BCUT2D eigenvalue weighted by molar-refractivity contribution is -0.124. The van der Waals surface area contributed by atoms with Crippen molar-refractivity contribution in [2.24, 2.45) is 5.92 Å². The molecule has 2 aromatic carbocycles. The predicted molar refractivity (Wildman–Crippen MR) is 119 cm³/mol. The molecule has 2 aromatic rings. The number of nitrogens with one attached hydrogen (secondary N) is 2. The molecule has 0 aromatic heterocycles. The van der Waals surface area contributed by atoms with E-state index in [1.54, 1.807) is 0 Å². The average molecular weight is 478 g/mol. The lowest BCUT2D eigenvalue weighted by atomic mass is 9.78. The molecule has 0 bridgehead atoms. The van der Waals surface area contributed by atoms with Gasteiger partial charge in [0.1, 0.15) is 0 Å². The maximum atomic E-state index is 14.9. The number of sulfonamides is 1. The fraction of sp³-hybridized carbons (Fsp3) is 0.391. The Bertz CT molecular complexity index is 1170. The van der Waals surface area contributed by atoms with E-state index >= 15 is 0 Å². The summed E-state index contributed by atoms with van der Waals surface area (Å²) in [5.74, 6) is -3.47. The van der Waals surface area contributed by atoms with Gasteiger partial charge in [0.15, 0.2) is 11.6 Å². The van der Waals surface area contributed by atoms with Crippen LogP contribution in [-0.2, 0) is 27.9 Å². The van der Waals surface area contributed by atoms with Gasteiger partial charge in [-0.3, -0.25) is 9.52 Å². The van der Waals surface area contributed by atoms with Crippen molar-refractivity contribution in [3.63, 3.8) is 0 Å².